The molecule has 5 nitrogen and oxygen atoms in total. The predicted octanol–water partition coefficient (Wildman–Crippen LogP) is 4.80. The van der Waals surface area contributed by atoms with Crippen molar-refractivity contribution in [2.24, 2.45) is 5.10 Å². The molecule has 132 valence electrons. The summed E-state index contributed by atoms with van der Waals surface area (Å²) in [5, 5.41) is 14.2. The fourth-order valence-corrected chi connectivity index (χ4v) is 3.21. The van der Waals surface area contributed by atoms with Gasteiger partial charge in [0.25, 0.3) is 5.91 Å². The van der Waals surface area contributed by atoms with E-state index in [9.17, 15) is 9.90 Å². The molecule has 0 aromatic heterocycles. The molecule has 2 rings (SSSR count). The van der Waals surface area contributed by atoms with E-state index in [2.05, 4.69) is 42.4 Å². The second-order valence-corrected chi connectivity index (χ2v) is 7.35. The Kier molecular flexibility index (Phi) is 6.87. The van der Waals surface area contributed by atoms with Crippen molar-refractivity contribution in [2.45, 2.75) is 20.0 Å². The van der Waals surface area contributed by atoms with E-state index in [1.807, 2.05) is 6.92 Å². The number of carbonyl (C=O) groups is 1. The third-order valence-corrected chi connectivity index (χ3v) is 4.87. The van der Waals surface area contributed by atoms with Gasteiger partial charge in [-0.15, -0.1) is 0 Å². The molecule has 8 heteroatoms. The van der Waals surface area contributed by atoms with Crippen molar-refractivity contribution in [3.05, 3.63) is 55.4 Å². The molecule has 0 heterocycles. The number of ether oxygens (including phenoxy) is 1. The Labute approximate surface area is 167 Å². The summed E-state index contributed by atoms with van der Waals surface area (Å²) in [6.07, 6.45) is 0.738. The van der Waals surface area contributed by atoms with Crippen LogP contribution in [0.15, 0.2) is 44.4 Å². The van der Waals surface area contributed by atoms with Gasteiger partial charge >= 0.3 is 0 Å². The van der Waals surface area contributed by atoms with Crippen LogP contribution in [-0.4, -0.2) is 23.3 Å². The van der Waals surface area contributed by atoms with Gasteiger partial charge < -0.3 is 9.84 Å². The number of amides is 1. The third-order valence-electron chi connectivity index (χ3n) is 3.24. The first-order valence-electron chi connectivity index (χ1n) is 7.21. The quantitative estimate of drug-likeness (QED) is 0.467. The smallest absolute Gasteiger partial charge is 0.280 e. The van der Waals surface area contributed by atoms with Crippen molar-refractivity contribution in [2.75, 3.05) is 0 Å². The first kappa shape index (κ1) is 19.8. The highest BCUT2D eigenvalue weighted by molar-refractivity contribution is 9.11. The standard InChI is InChI=1S/C17H15Br2ClN2O3/c1-9-5-12(3-4-15(9)20)25-10(2)17(24)22-21-8-11-6-13(18)16(23)14(19)7-11/h3-8,10,23H,1-2H3,(H,22,24). The summed E-state index contributed by atoms with van der Waals surface area (Å²) in [4.78, 5) is 12.0. The summed E-state index contributed by atoms with van der Waals surface area (Å²) in [5.41, 5.74) is 3.98. The van der Waals surface area contributed by atoms with Crippen LogP contribution in [-0.2, 0) is 4.79 Å². The van der Waals surface area contributed by atoms with Gasteiger partial charge in [-0.25, -0.2) is 5.43 Å². The van der Waals surface area contributed by atoms with Crippen LogP contribution in [0, 0.1) is 6.92 Å². The van der Waals surface area contributed by atoms with Crippen molar-refractivity contribution < 1.29 is 14.6 Å². The van der Waals surface area contributed by atoms with Gasteiger partial charge in [0.2, 0.25) is 0 Å². The largest absolute Gasteiger partial charge is 0.506 e. The maximum atomic E-state index is 12.0. The van der Waals surface area contributed by atoms with E-state index in [0.29, 0.717) is 25.3 Å². The summed E-state index contributed by atoms with van der Waals surface area (Å²) in [6.45, 7) is 3.49. The van der Waals surface area contributed by atoms with Crippen LogP contribution in [0.1, 0.15) is 18.1 Å². The fraction of sp³-hybridized carbons (Fsp3) is 0.176. The van der Waals surface area contributed by atoms with Gasteiger partial charge in [-0.1, -0.05) is 11.6 Å². The average molecular weight is 491 g/mol. The van der Waals surface area contributed by atoms with Crippen LogP contribution in [0.2, 0.25) is 5.02 Å². The topological polar surface area (TPSA) is 70.9 Å². The van der Waals surface area contributed by atoms with Gasteiger partial charge in [-0.2, -0.15) is 5.10 Å². The minimum absolute atomic E-state index is 0.0986. The van der Waals surface area contributed by atoms with Gasteiger partial charge in [0.1, 0.15) is 11.5 Å². The van der Waals surface area contributed by atoms with Crippen molar-refractivity contribution in [3.63, 3.8) is 0 Å². The Morgan fingerprint density at radius 1 is 1.32 bits per heavy atom. The van der Waals surface area contributed by atoms with Crippen molar-refractivity contribution in [1.29, 1.82) is 0 Å². The highest BCUT2D eigenvalue weighted by Crippen LogP contribution is 2.32. The summed E-state index contributed by atoms with van der Waals surface area (Å²) in [5.74, 6) is 0.266. The molecule has 0 fully saturated rings. The summed E-state index contributed by atoms with van der Waals surface area (Å²) in [7, 11) is 0. The Bertz CT molecular complexity index is 805. The van der Waals surface area contributed by atoms with Gasteiger partial charge in [-0.3, -0.25) is 4.79 Å². The number of phenols is 1. The Hall–Kier alpha value is -1.57. The molecule has 0 aliphatic rings. The molecule has 0 saturated heterocycles. The molecule has 1 atom stereocenters. The number of halogens is 3. The molecule has 0 aliphatic carbocycles. The number of aryl methyl sites for hydroxylation is 1. The van der Waals surface area contributed by atoms with Crippen LogP contribution < -0.4 is 10.2 Å². The van der Waals surface area contributed by atoms with E-state index in [0.717, 1.165) is 5.56 Å². The summed E-state index contributed by atoms with van der Waals surface area (Å²) >= 11 is 12.4. The molecule has 2 aromatic rings. The lowest BCUT2D eigenvalue weighted by Gasteiger charge is -2.13. The minimum Gasteiger partial charge on any atom is -0.506 e. The maximum absolute atomic E-state index is 12.0. The molecule has 0 bridgehead atoms. The molecular weight excluding hydrogens is 475 g/mol. The number of hydrogen-bond acceptors (Lipinski definition) is 4. The average Bonchev–Trinajstić information content (AvgIpc) is 2.55. The molecule has 2 aromatic carbocycles. The van der Waals surface area contributed by atoms with Crippen LogP contribution >= 0.6 is 43.5 Å². The van der Waals surface area contributed by atoms with Crippen molar-refractivity contribution >= 4 is 55.6 Å². The van der Waals surface area contributed by atoms with E-state index in [-0.39, 0.29) is 11.7 Å². The van der Waals surface area contributed by atoms with Gasteiger partial charge in [0.05, 0.1) is 15.2 Å². The first-order chi connectivity index (χ1) is 11.8. The Balaban J connectivity index is 1.96. The number of nitrogens with one attached hydrogen (secondary N) is 1. The van der Waals surface area contributed by atoms with Gasteiger partial charge in [0.15, 0.2) is 6.10 Å². The molecule has 1 amide bonds. The molecule has 1 unspecified atom stereocenters. The van der Waals surface area contributed by atoms with E-state index >= 15 is 0 Å². The van der Waals surface area contributed by atoms with E-state index < -0.39 is 6.10 Å². The zero-order valence-corrected chi connectivity index (χ0v) is 17.3. The first-order valence-corrected chi connectivity index (χ1v) is 9.18. The number of nitrogens with zero attached hydrogens (tertiary/aromatic N) is 1. The van der Waals surface area contributed by atoms with Gasteiger partial charge in [-0.05, 0) is 87.2 Å². The molecule has 0 radical (unpaired) electrons. The SMILES string of the molecule is Cc1cc(OC(C)C(=O)NN=Cc2cc(Br)c(O)c(Br)c2)ccc1Cl. The Morgan fingerprint density at radius 3 is 2.56 bits per heavy atom. The molecular formula is C17H15Br2ClN2O3. The zero-order valence-electron chi connectivity index (χ0n) is 13.4. The number of phenolic OH excluding ortho intramolecular Hbond substituents is 1. The van der Waals surface area contributed by atoms with Crippen molar-refractivity contribution in [1.82, 2.24) is 5.43 Å². The predicted molar refractivity (Wildman–Crippen MR) is 106 cm³/mol. The lowest BCUT2D eigenvalue weighted by atomic mass is 10.2. The van der Waals surface area contributed by atoms with Crippen LogP contribution in [0.25, 0.3) is 0 Å². The number of hydrogen-bond donors (Lipinski definition) is 2. The fourth-order valence-electron chi connectivity index (χ4n) is 1.87. The number of rotatable bonds is 5. The second-order valence-electron chi connectivity index (χ2n) is 5.24. The van der Waals surface area contributed by atoms with E-state index in [1.54, 1.807) is 37.3 Å². The zero-order chi connectivity index (χ0) is 18.6. The number of benzene rings is 2. The number of aromatic hydroxyl groups is 1. The number of hydrazone groups is 1. The Morgan fingerprint density at radius 2 is 1.96 bits per heavy atom. The molecule has 2 N–H and O–H groups in total. The van der Waals surface area contributed by atoms with Gasteiger partial charge in [0, 0.05) is 5.02 Å². The molecule has 0 aliphatic heterocycles. The summed E-state index contributed by atoms with van der Waals surface area (Å²) in [6, 6.07) is 8.53. The molecule has 0 saturated carbocycles. The van der Waals surface area contributed by atoms with Crippen molar-refractivity contribution in [3.8, 4) is 11.5 Å². The normalized spacial score (nSPS) is 12.2. The van der Waals surface area contributed by atoms with E-state index in [1.165, 1.54) is 6.21 Å². The van der Waals surface area contributed by atoms with Crippen LogP contribution in [0.3, 0.4) is 0 Å². The highest BCUT2D eigenvalue weighted by atomic mass is 79.9. The third kappa shape index (κ3) is 5.45. The van der Waals surface area contributed by atoms with Crippen LogP contribution in [0.4, 0.5) is 0 Å². The highest BCUT2D eigenvalue weighted by Gasteiger charge is 2.14. The molecule has 0 spiro atoms. The molecule has 25 heavy (non-hydrogen) atoms. The van der Waals surface area contributed by atoms with Crippen LogP contribution in [0.5, 0.6) is 11.5 Å². The second kappa shape index (κ2) is 8.69. The number of carbonyl (C=O) groups excluding carboxylic acids is 1. The van der Waals surface area contributed by atoms with E-state index in [4.69, 9.17) is 16.3 Å². The summed E-state index contributed by atoms with van der Waals surface area (Å²) < 4.78 is 6.61. The minimum atomic E-state index is -0.726. The lowest BCUT2D eigenvalue weighted by Crippen LogP contribution is -2.33. The lowest BCUT2D eigenvalue weighted by molar-refractivity contribution is -0.127. The monoisotopic (exact) mass is 488 g/mol. The maximum Gasteiger partial charge on any atom is 0.280 e.